The molecule has 3 heteroatoms. The van der Waals surface area contributed by atoms with Gasteiger partial charge in [-0.1, -0.05) is 47.5 Å². The zero-order chi connectivity index (χ0) is 24.1. The summed E-state index contributed by atoms with van der Waals surface area (Å²) in [5.74, 6) is 0. The van der Waals surface area contributed by atoms with Crippen molar-refractivity contribution < 1.29 is 21.1 Å². The van der Waals surface area contributed by atoms with Crippen LogP contribution in [0, 0.1) is 12.1 Å². The Kier molecular flexibility index (Phi) is 6.73. The molecule has 0 N–H and O–H groups in total. The second kappa shape index (κ2) is 9.32. The van der Waals surface area contributed by atoms with Crippen LogP contribution in [0.25, 0.3) is 22.3 Å². The molecule has 0 saturated carbocycles. The van der Waals surface area contributed by atoms with E-state index < -0.39 is 0 Å². The van der Waals surface area contributed by atoms with Gasteiger partial charge in [-0.25, -0.2) is 0 Å². The third kappa shape index (κ3) is 4.23. The number of anilines is 2. The van der Waals surface area contributed by atoms with Gasteiger partial charge < -0.3 is 9.80 Å². The summed E-state index contributed by atoms with van der Waals surface area (Å²) >= 11 is 0. The van der Waals surface area contributed by atoms with Crippen LogP contribution in [0.4, 0.5) is 11.4 Å². The third-order valence-corrected chi connectivity index (χ3v) is 7.70. The van der Waals surface area contributed by atoms with Crippen molar-refractivity contribution in [2.24, 2.45) is 0 Å². The summed E-state index contributed by atoms with van der Waals surface area (Å²) in [5.41, 5.74) is 8.75. The summed E-state index contributed by atoms with van der Waals surface area (Å²) in [6.07, 6.45) is 0. The average molecular weight is 640 g/mol. The minimum absolute atomic E-state index is 0. The Balaban J connectivity index is 0.00000289. The normalized spacial score (nSPS) is 15.8. The smallest absolute Gasteiger partial charge is 0.374 e. The van der Waals surface area contributed by atoms with Gasteiger partial charge in [0.25, 0.3) is 0 Å². The number of para-hydroxylation sites is 2. The first-order chi connectivity index (χ1) is 16.2. The van der Waals surface area contributed by atoms with Gasteiger partial charge in [-0.3, -0.25) is 0 Å². The van der Waals surface area contributed by atoms with Crippen molar-refractivity contribution in [1.29, 1.82) is 0 Å². The maximum absolute atomic E-state index is 3.78. The first-order valence-corrected chi connectivity index (χ1v) is 11.9. The van der Waals surface area contributed by atoms with E-state index in [4.69, 9.17) is 0 Å². The molecule has 4 aromatic carbocycles. The van der Waals surface area contributed by atoms with E-state index in [0.717, 1.165) is 22.3 Å². The second-order valence-corrected chi connectivity index (χ2v) is 10.2. The number of nitrogens with zero attached hydrogens (tertiary/aromatic N) is 2. The Bertz CT molecular complexity index is 1250. The van der Waals surface area contributed by atoms with Crippen LogP contribution in [0.5, 0.6) is 0 Å². The van der Waals surface area contributed by atoms with Crippen molar-refractivity contribution >= 4 is 11.4 Å². The van der Waals surface area contributed by atoms with E-state index in [1.54, 1.807) is 0 Å². The Morgan fingerprint density at radius 1 is 0.514 bits per heavy atom. The van der Waals surface area contributed by atoms with Crippen LogP contribution in [-0.2, 0) is 32.1 Å². The molecule has 1 aliphatic heterocycles. The fraction of sp³-hybridized carbons (Fsp3) is 0.250. The van der Waals surface area contributed by atoms with E-state index in [-0.39, 0.29) is 32.1 Å². The Hall–Kier alpha value is -2.83. The summed E-state index contributed by atoms with van der Waals surface area (Å²) < 4.78 is 0. The van der Waals surface area contributed by atoms with Crippen LogP contribution in [0.2, 0.25) is 0 Å². The molecule has 1 aliphatic rings. The molecule has 0 radical (unpaired) electrons. The van der Waals surface area contributed by atoms with Crippen molar-refractivity contribution in [1.82, 2.24) is 0 Å². The van der Waals surface area contributed by atoms with Gasteiger partial charge in [0.2, 0.25) is 0 Å². The quantitative estimate of drug-likeness (QED) is 0.182. The van der Waals surface area contributed by atoms with E-state index in [2.05, 4.69) is 149 Å². The van der Waals surface area contributed by atoms with Crippen molar-refractivity contribution in [2.45, 2.75) is 38.8 Å². The minimum atomic E-state index is -0.270. The molecule has 0 aliphatic carbocycles. The van der Waals surface area contributed by atoms with Crippen molar-refractivity contribution in [2.75, 3.05) is 23.9 Å². The van der Waals surface area contributed by atoms with Crippen LogP contribution >= 0.6 is 0 Å². The fourth-order valence-corrected chi connectivity index (χ4v) is 4.92. The molecule has 0 atom stereocenters. The molecule has 35 heavy (non-hydrogen) atoms. The largest absolute Gasteiger partial charge is 4.00 e. The van der Waals surface area contributed by atoms with E-state index in [1.165, 1.54) is 22.5 Å². The first-order valence-electron chi connectivity index (χ1n) is 11.9. The molecule has 0 fully saturated rings. The van der Waals surface area contributed by atoms with Crippen molar-refractivity contribution in [3.05, 3.63) is 108 Å². The van der Waals surface area contributed by atoms with E-state index >= 15 is 0 Å². The molecule has 4 aromatic rings. The standard InChI is InChI=1S/C32H32N2.Pt/c1-31(2)25-15-11-13-23(21-25)28-18-8-10-20-30(28)34(6)32(3,4)26-16-12-14-24(22-26)27-17-7-9-19-29(27)33(31)5;/h7-20H,1-6H3;/q-2;+4. The Morgan fingerprint density at radius 2 is 0.886 bits per heavy atom. The molecule has 0 unspecified atom stereocenters. The molecule has 178 valence electrons. The topological polar surface area (TPSA) is 6.48 Å². The fourth-order valence-electron chi connectivity index (χ4n) is 4.92. The molecule has 5 rings (SSSR count). The van der Waals surface area contributed by atoms with Gasteiger partial charge in [0, 0.05) is 36.5 Å². The second-order valence-electron chi connectivity index (χ2n) is 10.2. The number of rotatable bonds is 0. The average Bonchev–Trinajstić information content (AvgIpc) is 2.87. The summed E-state index contributed by atoms with van der Waals surface area (Å²) in [5, 5.41) is 0. The summed E-state index contributed by atoms with van der Waals surface area (Å²) in [6.45, 7) is 9.08. The SMILES string of the molecule is CN1c2ccccc2-c2[c-]c(ccc2)C(C)(C)N(C)c2ccccc2-c2[c-]c(ccc2)C1(C)C.[Pt+4]. The Morgan fingerprint density at radius 3 is 1.29 bits per heavy atom. The number of hydrogen-bond donors (Lipinski definition) is 0. The van der Waals surface area contributed by atoms with Gasteiger partial charge in [0.05, 0.1) is 0 Å². The van der Waals surface area contributed by atoms with Crippen molar-refractivity contribution in [3.63, 3.8) is 0 Å². The summed E-state index contributed by atoms with van der Waals surface area (Å²) in [7, 11) is 4.36. The zero-order valence-corrected chi connectivity index (χ0v) is 23.6. The van der Waals surface area contributed by atoms with E-state index in [1.807, 2.05) is 0 Å². The number of benzene rings is 4. The molecule has 1 heterocycles. The molecular formula is C32H32N2Pt+2. The van der Waals surface area contributed by atoms with Crippen molar-refractivity contribution in [3.8, 4) is 22.3 Å². The predicted molar refractivity (Wildman–Crippen MR) is 144 cm³/mol. The van der Waals surface area contributed by atoms with E-state index in [0.29, 0.717) is 0 Å². The monoisotopic (exact) mass is 639 g/mol. The molecule has 0 aromatic heterocycles. The maximum Gasteiger partial charge on any atom is 4.00 e. The minimum Gasteiger partial charge on any atom is -0.374 e. The summed E-state index contributed by atoms with van der Waals surface area (Å²) in [6, 6.07) is 37.9. The van der Waals surface area contributed by atoms with Gasteiger partial charge in [0.15, 0.2) is 0 Å². The molecule has 2 nitrogen and oxygen atoms in total. The van der Waals surface area contributed by atoms with Crippen LogP contribution < -0.4 is 9.80 Å². The maximum atomic E-state index is 3.78. The van der Waals surface area contributed by atoms with Gasteiger partial charge in [-0.15, -0.1) is 70.8 Å². The first kappa shape index (κ1) is 25.3. The number of hydrogen-bond acceptors (Lipinski definition) is 2. The molecule has 4 bridgehead atoms. The zero-order valence-electron chi connectivity index (χ0n) is 21.3. The third-order valence-electron chi connectivity index (χ3n) is 7.70. The van der Waals surface area contributed by atoms with Crippen LogP contribution in [-0.4, -0.2) is 14.1 Å². The van der Waals surface area contributed by atoms with Crippen LogP contribution in [0.1, 0.15) is 38.8 Å². The Labute approximate surface area is 224 Å². The van der Waals surface area contributed by atoms with Gasteiger partial charge >= 0.3 is 21.1 Å². The number of fused-ring (bicyclic) bond motifs is 8. The van der Waals surface area contributed by atoms with Gasteiger partial charge in [0.1, 0.15) is 0 Å². The van der Waals surface area contributed by atoms with E-state index in [9.17, 15) is 0 Å². The molecule has 0 amide bonds. The molecule has 0 spiro atoms. The molecular weight excluding hydrogens is 607 g/mol. The van der Waals surface area contributed by atoms with Crippen LogP contribution in [0.3, 0.4) is 0 Å². The predicted octanol–water partition coefficient (Wildman–Crippen LogP) is 7.67. The van der Waals surface area contributed by atoms with Crippen LogP contribution in [0.15, 0.2) is 84.9 Å². The van der Waals surface area contributed by atoms with Gasteiger partial charge in [-0.2, -0.15) is 0 Å². The van der Waals surface area contributed by atoms with Gasteiger partial charge in [-0.05, 0) is 39.8 Å². The summed E-state index contributed by atoms with van der Waals surface area (Å²) in [4.78, 5) is 4.74. The molecule has 0 saturated heterocycles.